The highest BCUT2D eigenvalue weighted by molar-refractivity contribution is 7.91. The molecule has 6 nitrogen and oxygen atoms in total. The number of sulfone groups is 1. The van der Waals surface area contributed by atoms with Gasteiger partial charge in [0.05, 0.1) is 24.5 Å². The number of aliphatic hydroxyl groups excluding tert-OH is 1. The third kappa shape index (κ3) is 4.18. The van der Waals surface area contributed by atoms with E-state index >= 15 is 0 Å². The minimum absolute atomic E-state index is 0.0182. The standard InChI is InChI=1S/C14H20N2O4S/c15-12-3-1-2-11(8-12)9-14(18)16(5-6-17)13-4-7-21(19,20)10-13/h1-3,8,13,17H,4-7,9-10,15H2. The number of nitrogens with zero attached hydrogens (tertiary/aromatic N) is 1. The van der Waals surface area contributed by atoms with Crippen LogP contribution in [0.25, 0.3) is 0 Å². The molecule has 0 aliphatic carbocycles. The highest BCUT2D eigenvalue weighted by atomic mass is 32.2. The van der Waals surface area contributed by atoms with E-state index in [1.807, 2.05) is 0 Å². The van der Waals surface area contributed by atoms with Gasteiger partial charge < -0.3 is 15.7 Å². The number of benzene rings is 1. The monoisotopic (exact) mass is 312 g/mol. The van der Waals surface area contributed by atoms with E-state index in [0.29, 0.717) is 12.1 Å². The van der Waals surface area contributed by atoms with E-state index in [-0.39, 0.29) is 43.0 Å². The Balaban J connectivity index is 2.09. The summed E-state index contributed by atoms with van der Waals surface area (Å²) < 4.78 is 23.1. The molecule has 1 heterocycles. The molecule has 0 radical (unpaired) electrons. The van der Waals surface area contributed by atoms with Crippen LogP contribution in [0.2, 0.25) is 0 Å². The summed E-state index contributed by atoms with van der Waals surface area (Å²) >= 11 is 0. The Bertz CT molecular complexity index is 615. The zero-order valence-corrected chi connectivity index (χ0v) is 12.6. The molecule has 1 saturated heterocycles. The van der Waals surface area contributed by atoms with E-state index in [0.717, 1.165) is 5.56 Å². The number of nitrogens with two attached hydrogens (primary N) is 1. The predicted molar refractivity (Wildman–Crippen MR) is 80.4 cm³/mol. The second kappa shape index (κ2) is 6.44. The van der Waals surface area contributed by atoms with Gasteiger partial charge in [-0.25, -0.2) is 8.42 Å². The molecular weight excluding hydrogens is 292 g/mol. The van der Waals surface area contributed by atoms with Crippen molar-refractivity contribution >= 4 is 21.4 Å². The van der Waals surface area contributed by atoms with E-state index < -0.39 is 9.84 Å². The van der Waals surface area contributed by atoms with Crippen LogP contribution in [-0.2, 0) is 21.1 Å². The quantitative estimate of drug-likeness (QED) is 0.735. The van der Waals surface area contributed by atoms with Crippen molar-refractivity contribution in [2.24, 2.45) is 0 Å². The van der Waals surface area contributed by atoms with Crippen LogP contribution in [0.3, 0.4) is 0 Å². The Morgan fingerprint density at radius 1 is 1.43 bits per heavy atom. The van der Waals surface area contributed by atoms with Crippen molar-refractivity contribution in [3.63, 3.8) is 0 Å². The van der Waals surface area contributed by atoms with Crippen LogP contribution in [0, 0.1) is 0 Å². The molecule has 0 bridgehead atoms. The van der Waals surface area contributed by atoms with Gasteiger partial charge in [0.15, 0.2) is 9.84 Å². The number of anilines is 1. The minimum atomic E-state index is -3.07. The van der Waals surface area contributed by atoms with Crippen LogP contribution in [0.5, 0.6) is 0 Å². The zero-order valence-electron chi connectivity index (χ0n) is 11.7. The van der Waals surface area contributed by atoms with E-state index in [1.165, 1.54) is 4.90 Å². The lowest BCUT2D eigenvalue weighted by atomic mass is 10.1. The first-order valence-electron chi connectivity index (χ1n) is 6.86. The van der Waals surface area contributed by atoms with Crippen molar-refractivity contribution in [3.05, 3.63) is 29.8 Å². The fraction of sp³-hybridized carbons (Fsp3) is 0.500. The second-order valence-electron chi connectivity index (χ2n) is 5.29. The molecule has 1 aliphatic rings. The van der Waals surface area contributed by atoms with E-state index in [9.17, 15) is 13.2 Å². The molecule has 0 spiro atoms. The summed E-state index contributed by atoms with van der Waals surface area (Å²) in [5.74, 6) is -0.0994. The van der Waals surface area contributed by atoms with Gasteiger partial charge in [-0.3, -0.25) is 4.79 Å². The van der Waals surface area contributed by atoms with Crippen LogP contribution < -0.4 is 5.73 Å². The number of amides is 1. The lowest BCUT2D eigenvalue weighted by molar-refractivity contribution is -0.132. The van der Waals surface area contributed by atoms with Gasteiger partial charge in [-0.05, 0) is 24.1 Å². The first-order chi connectivity index (χ1) is 9.91. The molecule has 1 fully saturated rings. The van der Waals surface area contributed by atoms with Gasteiger partial charge in [0.1, 0.15) is 0 Å². The molecule has 21 heavy (non-hydrogen) atoms. The molecule has 0 aromatic heterocycles. The zero-order chi connectivity index (χ0) is 15.5. The Morgan fingerprint density at radius 3 is 2.76 bits per heavy atom. The topological polar surface area (TPSA) is 101 Å². The average Bonchev–Trinajstić information content (AvgIpc) is 2.76. The van der Waals surface area contributed by atoms with Gasteiger partial charge in [-0.2, -0.15) is 0 Å². The number of carbonyl (C=O) groups is 1. The summed E-state index contributed by atoms with van der Waals surface area (Å²) in [7, 11) is -3.07. The smallest absolute Gasteiger partial charge is 0.227 e. The van der Waals surface area contributed by atoms with Gasteiger partial charge in [0.25, 0.3) is 0 Å². The Kier molecular flexibility index (Phi) is 4.84. The SMILES string of the molecule is Nc1cccc(CC(=O)N(CCO)C2CCS(=O)(=O)C2)c1. The fourth-order valence-corrected chi connectivity index (χ4v) is 4.35. The maximum absolute atomic E-state index is 12.4. The molecule has 116 valence electrons. The van der Waals surface area contributed by atoms with E-state index in [4.69, 9.17) is 10.8 Å². The number of aliphatic hydroxyl groups is 1. The molecule has 1 atom stereocenters. The van der Waals surface area contributed by atoms with Crippen LogP contribution in [0.1, 0.15) is 12.0 Å². The van der Waals surface area contributed by atoms with Crippen LogP contribution in [0.4, 0.5) is 5.69 Å². The summed E-state index contributed by atoms with van der Waals surface area (Å²) in [6, 6.07) is 6.70. The molecule has 1 aromatic rings. The third-order valence-electron chi connectivity index (χ3n) is 3.62. The normalized spacial score (nSPS) is 20.3. The number of nitrogen functional groups attached to an aromatic ring is 1. The van der Waals surface area contributed by atoms with Crippen LogP contribution in [0.15, 0.2) is 24.3 Å². The van der Waals surface area contributed by atoms with Gasteiger partial charge in [0, 0.05) is 18.3 Å². The molecule has 3 N–H and O–H groups in total. The summed E-state index contributed by atoms with van der Waals surface area (Å²) in [4.78, 5) is 13.9. The van der Waals surface area contributed by atoms with Gasteiger partial charge in [-0.1, -0.05) is 12.1 Å². The molecule has 2 rings (SSSR count). The van der Waals surface area contributed by atoms with Crippen molar-refractivity contribution in [2.45, 2.75) is 18.9 Å². The Morgan fingerprint density at radius 2 is 2.19 bits per heavy atom. The van der Waals surface area contributed by atoms with E-state index in [1.54, 1.807) is 24.3 Å². The molecule has 0 saturated carbocycles. The van der Waals surface area contributed by atoms with Crippen molar-refractivity contribution in [1.82, 2.24) is 4.90 Å². The van der Waals surface area contributed by atoms with Crippen LogP contribution >= 0.6 is 0 Å². The Labute approximate surface area is 124 Å². The minimum Gasteiger partial charge on any atom is -0.399 e. The highest BCUT2D eigenvalue weighted by Gasteiger charge is 2.34. The maximum atomic E-state index is 12.4. The molecule has 1 unspecified atom stereocenters. The van der Waals surface area contributed by atoms with Gasteiger partial charge in [0.2, 0.25) is 5.91 Å². The van der Waals surface area contributed by atoms with Crippen LogP contribution in [-0.4, -0.2) is 55.0 Å². The fourth-order valence-electron chi connectivity index (χ4n) is 2.62. The first-order valence-corrected chi connectivity index (χ1v) is 8.68. The third-order valence-corrected chi connectivity index (χ3v) is 5.37. The van der Waals surface area contributed by atoms with Crippen molar-refractivity contribution < 1.29 is 18.3 Å². The largest absolute Gasteiger partial charge is 0.399 e. The van der Waals surface area contributed by atoms with Gasteiger partial charge in [-0.15, -0.1) is 0 Å². The molecule has 1 aliphatic heterocycles. The first kappa shape index (κ1) is 15.8. The lowest BCUT2D eigenvalue weighted by Crippen LogP contribution is -2.43. The molecule has 7 heteroatoms. The number of carbonyl (C=O) groups excluding carboxylic acids is 1. The second-order valence-corrected chi connectivity index (χ2v) is 7.52. The predicted octanol–water partition coefficient (Wildman–Crippen LogP) is -0.181. The number of rotatable bonds is 5. The van der Waals surface area contributed by atoms with Crippen molar-refractivity contribution in [3.8, 4) is 0 Å². The summed E-state index contributed by atoms with van der Waals surface area (Å²) in [6.07, 6.45) is 0.590. The maximum Gasteiger partial charge on any atom is 0.227 e. The van der Waals surface area contributed by atoms with Crippen molar-refractivity contribution in [2.75, 3.05) is 30.4 Å². The summed E-state index contributed by atoms with van der Waals surface area (Å²) in [5, 5.41) is 9.12. The highest BCUT2D eigenvalue weighted by Crippen LogP contribution is 2.19. The van der Waals surface area contributed by atoms with Crippen molar-refractivity contribution in [1.29, 1.82) is 0 Å². The lowest BCUT2D eigenvalue weighted by Gasteiger charge is -2.27. The summed E-state index contributed by atoms with van der Waals surface area (Å²) in [6.45, 7) is -0.0272. The molecular formula is C14H20N2O4S. The summed E-state index contributed by atoms with van der Waals surface area (Å²) in [5.41, 5.74) is 7.04. The van der Waals surface area contributed by atoms with E-state index in [2.05, 4.69) is 0 Å². The number of hydrogen-bond donors (Lipinski definition) is 2. The molecule has 1 aromatic carbocycles. The number of hydrogen-bond acceptors (Lipinski definition) is 5. The van der Waals surface area contributed by atoms with Gasteiger partial charge >= 0.3 is 0 Å². The molecule has 1 amide bonds. The Hall–Kier alpha value is -1.60. The average molecular weight is 312 g/mol.